The van der Waals surface area contributed by atoms with Gasteiger partial charge in [-0.2, -0.15) is 0 Å². The van der Waals surface area contributed by atoms with Gasteiger partial charge in [0.1, 0.15) is 0 Å². The zero-order chi connectivity index (χ0) is 18.6. The van der Waals surface area contributed by atoms with Crippen molar-refractivity contribution < 1.29 is 19.1 Å². The Kier molecular flexibility index (Phi) is 4.96. The first-order valence-electron chi connectivity index (χ1n) is 9.22. The lowest BCUT2D eigenvalue weighted by atomic mass is 10.1. The smallest absolute Gasteiger partial charge is 0.231 e. The normalized spacial score (nSPS) is 14.7. The van der Waals surface area contributed by atoms with Gasteiger partial charge in [-0.3, -0.25) is 9.59 Å². The van der Waals surface area contributed by atoms with Crippen molar-refractivity contribution in [2.45, 2.75) is 38.1 Å². The molecule has 6 heteroatoms. The Bertz CT molecular complexity index is 844. The number of ether oxygens (including phenoxy) is 2. The fraction of sp³-hybridized carbons (Fsp3) is 0.333. The molecule has 2 amide bonds. The zero-order valence-corrected chi connectivity index (χ0v) is 15.0. The highest BCUT2D eigenvalue weighted by atomic mass is 16.7. The Morgan fingerprint density at radius 3 is 2.44 bits per heavy atom. The van der Waals surface area contributed by atoms with Crippen LogP contribution in [0, 0.1) is 0 Å². The lowest BCUT2D eigenvalue weighted by Crippen LogP contribution is -2.26. The number of carbonyl (C=O) groups is 2. The summed E-state index contributed by atoms with van der Waals surface area (Å²) in [6.45, 7) is 0.248. The molecule has 2 N–H and O–H groups in total. The van der Waals surface area contributed by atoms with Crippen LogP contribution >= 0.6 is 0 Å². The average Bonchev–Trinajstić information content (AvgIpc) is 3.34. The third kappa shape index (κ3) is 4.78. The molecule has 0 aromatic heterocycles. The molecule has 1 aliphatic carbocycles. The van der Waals surface area contributed by atoms with Gasteiger partial charge in [0.25, 0.3) is 0 Å². The minimum atomic E-state index is -0.0492. The number of fused-ring (bicyclic) bond motifs is 1. The van der Waals surface area contributed by atoms with E-state index in [-0.39, 0.29) is 18.6 Å². The molecule has 27 heavy (non-hydrogen) atoms. The number of hydrogen-bond acceptors (Lipinski definition) is 4. The maximum atomic E-state index is 12.2. The number of amides is 2. The number of hydrogen-bond donors (Lipinski definition) is 2. The van der Waals surface area contributed by atoms with Crippen LogP contribution in [0.2, 0.25) is 0 Å². The molecule has 2 aliphatic rings. The summed E-state index contributed by atoms with van der Waals surface area (Å²) in [5, 5.41) is 5.86. The van der Waals surface area contributed by atoms with E-state index in [4.69, 9.17) is 9.47 Å². The molecule has 4 rings (SSSR count). The van der Waals surface area contributed by atoms with Crippen LogP contribution in [-0.4, -0.2) is 24.6 Å². The summed E-state index contributed by atoms with van der Waals surface area (Å²) in [5.41, 5.74) is 2.70. The molecule has 0 bridgehead atoms. The van der Waals surface area contributed by atoms with Crippen molar-refractivity contribution in [3.8, 4) is 11.5 Å². The molecule has 2 aromatic rings. The predicted molar refractivity (Wildman–Crippen MR) is 101 cm³/mol. The van der Waals surface area contributed by atoms with E-state index in [0.29, 0.717) is 25.3 Å². The highest BCUT2D eigenvalue weighted by Crippen LogP contribution is 2.32. The highest BCUT2D eigenvalue weighted by Gasteiger charge is 2.23. The first-order chi connectivity index (χ1) is 13.2. The first kappa shape index (κ1) is 17.4. The van der Waals surface area contributed by atoms with Crippen LogP contribution < -0.4 is 20.1 Å². The number of benzene rings is 2. The first-order valence-corrected chi connectivity index (χ1v) is 9.22. The van der Waals surface area contributed by atoms with E-state index in [0.717, 1.165) is 41.2 Å². The van der Waals surface area contributed by atoms with Crippen molar-refractivity contribution in [1.29, 1.82) is 0 Å². The molecule has 1 saturated carbocycles. The summed E-state index contributed by atoms with van der Waals surface area (Å²) in [5.74, 6) is 1.48. The minimum Gasteiger partial charge on any atom is -0.454 e. The standard InChI is InChI=1S/C21H22N2O4/c24-20(10-4-14-3-9-18-19(11-14)27-13-26-18)22-16-5-1-15(2-6-16)12-21(25)23-17-7-8-17/h1-3,5-6,9,11,17H,4,7-8,10,12-13H2,(H,22,24)(H,23,25). The maximum absolute atomic E-state index is 12.2. The van der Waals surface area contributed by atoms with Crippen LogP contribution in [0.3, 0.4) is 0 Å². The highest BCUT2D eigenvalue weighted by molar-refractivity contribution is 5.91. The van der Waals surface area contributed by atoms with Crippen molar-refractivity contribution in [3.63, 3.8) is 0 Å². The van der Waals surface area contributed by atoms with Gasteiger partial charge in [-0.1, -0.05) is 18.2 Å². The molecule has 0 spiro atoms. The molecule has 6 nitrogen and oxygen atoms in total. The lowest BCUT2D eigenvalue weighted by molar-refractivity contribution is -0.120. The SMILES string of the molecule is O=C(CCc1ccc2c(c1)OCO2)Nc1ccc(CC(=O)NC2CC2)cc1. The Morgan fingerprint density at radius 2 is 1.67 bits per heavy atom. The molecule has 140 valence electrons. The van der Waals surface area contributed by atoms with Gasteiger partial charge in [0.05, 0.1) is 6.42 Å². The molecule has 1 aliphatic heterocycles. The summed E-state index contributed by atoms with van der Waals surface area (Å²) >= 11 is 0. The van der Waals surface area contributed by atoms with Crippen molar-refractivity contribution in [3.05, 3.63) is 53.6 Å². The molecule has 0 radical (unpaired) electrons. The number of rotatable bonds is 7. The quantitative estimate of drug-likeness (QED) is 0.790. The maximum Gasteiger partial charge on any atom is 0.231 e. The van der Waals surface area contributed by atoms with E-state index in [1.54, 1.807) is 0 Å². The number of nitrogens with one attached hydrogen (secondary N) is 2. The van der Waals surface area contributed by atoms with Crippen molar-refractivity contribution >= 4 is 17.5 Å². The van der Waals surface area contributed by atoms with Crippen LogP contribution in [0.1, 0.15) is 30.4 Å². The van der Waals surface area contributed by atoms with Crippen LogP contribution in [0.25, 0.3) is 0 Å². The fourth-order valence-corrected chi connectivity index (χ4v) is 2.98. The monoisotopic (exact) mass is 366 g/mol. The van der Waals surface area contributed by atoms with E-state index >= 15 is 0 Å². The summed E-state index contributed by atoms with van der Waals surface area (Å²) in [4.78, 5) is 24.0. The van der Waals surface area contributed by atoms with Gasteiger partial charge >= 0.3 is 0 Å². The van der Waals surface area contributed by atoms with E-state index in [2.05, 4.69) is 10.6 Å². The van der Waals surface area contributed by atoms with Gasteiger partial charge in [0.15, 0.2) is 11.5 Å². The second kappa shape index (κ2) is 7.70. The average molecular weight is 366 g/mol. The van der Waals surface area contributed by atoms with Crippen molar-refractivity contribution in [2.75, 3.05) is 12.1 Å². The summed E-state index contributed by atoms with van der Waals surface area (Å²) < 4.78 is 10.6. The van der Waals surface area contributed by atoms with Crippen LogP contribution in [0.4, 0.5) is 5.69 Å². The van der Waals surface area contributed by atoms with Gasteiger partial charge in [0.2, 0.25) is 18.6 Å². The molecule has 0 atom stereocenters. The molecule has 1 heterocycles. The van der Waals surface area contributed by atoms with E-state index in [9.17, 15) is 9.59 Å². The van der Waals surface area contributed by atoms with Crippen LogP contribution in [-0.2, 0) is 22.4 Å². The van der Waals surface area contributed by atoms with Gasteiger partial charge in [-0.05, 0) is 54.7 Å². The number of anilines is 1. The summed E-state index contributed by atoms with van der Waals surface area (Å²) in [6, 6.07) is 13.5. The summed E-state index contributed by atoms with van der Waals surface area (Å²) in [7, 11) is 0. The molecular formula is C21H22N2O4. The Morgan fingerprint density at radius 1 is 0.926 bits per heavy atom. The summed E-state index contributed by atoms with van der Waals surface area (Å²) in [6.07, 6.45) is 3.55. The van der Waals surface area contributed by atoms with Crippen LogP contribution in [0.15, 0.2) is 42.5 Å². The van der Waals surface area contributed by atoms with Gasteiger partial charge in [-0.15, -0.1) is 0 Å². The van der Waals surface area contributed by atoms with Crippen molar-refractivity contribution in [1.82, 2.24) is 5.32 Å². The fourth-order valence-electron chi connectivity index (χ4n) is 2.98. The number of carbonyl (C=O) groups excluding carboxylic acids is 2. The predicted octanol–water partition coefficient (Wildman–Crippen LogP) is 2.81. The Balaban J connectivity index is 1.24. The number of aryl methyl sites for hydroxylation is 1. The van der Waals surface area contributed by atoms with E-state index < -0.39 is 0 Å². The minimum absolute atomic E-state index is 0.0492. The van der Waals surface area contributed by atoms with Gasteiger partial charge < -0.3 is 20.1 Å². The molecular weight excluding hydrogens is 344 g/mol. The second-order valence-electron chi connectivity index (χ2n) is 6.95. The largest absolute Gasteiger partial charge is 0.454 e. The third-order valence-corrected chi connectivity index (χ3v) is 4.62. The van der Waals surface area contributed by atoms with E-state index in [1.807, 2.05) is 42.5 Å². The molecule has 1 fully saturated rings. The Labute approximate surface area is 157 Å². The Hall–Kier alpha value is -3.02. The topological polar surface area (TPSA) is 76.7 Å². The van der Waals surface area contributed by atoms with Crippen molar-refractivity contribution in [2.24, 2.45) is 0 Å². The zero-order valence-electron chi connectivity index (χ0n) is 15.0. The molecule has 0 saturated heterocycles. The van der Waals surface area contributed by atoms with E-state index in [1.165, 1.54) is 0 Å². The lowest BCUT2D eigenvalue weighted by Gasteiger charge is -2.08. The van der Waals surface area contributed by atoms with Crippen LogP contribution in [0.5, 0.6) is 11.5 Å². The molecule has 2 aromatic carbocycles. The second-order valence-corrected chi connectivity index (χ2v) is 6.95. The third-order valence-electron chi connectivity index (χ3n) is 4.62. The van der Waals surface area contributed by atoms with Gasteiger partial charge in [0, 0.05) is 18.2 Å². The molecule has 0 unspecified atom stereocenters. The van der Waals surface area contributed by atoms with Gasteiger partial charge in [-0.25, -0.2) is 0 Å².